The molecule has 2 saturated heterocycles. The van der Waals surface area contributed by atoms with Crippen molar-refractivity contribution in [2.75, 3.05) is 0 Å². The van der Waals surface area contributed by atoms with Crippen LogP contribution in [0.2, 0.25) is 0 Å². The Kier molecular flexibility index (Phi) is 12.9. The van der Waals surface area contributed by atoms with Crippen LogP contribution in [-0.2, 0) is 0 Å². The first kappa shape index (κ1) is 44.6. The first-order valence-corrected chi connectivity index (χ1v) is 32.3. The topological polar surface area (TPSA) is 6.48 Å². The quantitative estimate of drug-likeness (QED) is 0.271. The third-order valence-corrected chi connectivity index (χ3v) is 27.0. The predicted molar refractivity (Wildman–Crippen MR) is 274 cm³/mol. The monoisotopic (exact) mass is 901 g/mol. The van der Waals surface area contributed by atoms with Gasteiger partial charge in [0.2, 0.25) is 0 Å². The Morgan fingerprint density at radius 3 is 0.773 bits per heavy atom. The fourth-order valence-electron chi connectivity index (χ4n) is 25.5. The zero-order valence-corrected chi connectivity index (χ0v) is 43.0. The van der Waals surface area contributed by atoms with Gasteiger partial charge in [-0.15, -0.1) is 0 Å². The lowest BCUT2D eigenvalue weighted by Crippen LogP contribution is -2.60. The van der Waals surface area contributed by atoms with Crippen LogP contribution in [0.25, 0.3) is 0 Å². The molecule has 0 aromatic heterocycles. The Morgan fingerprint density at radius 1 is 0.182 bits per heavy atom. The van der Waals surface area contributed by atoms with E-state index < -0.39 is 0 Å². The molecule has 66 heavy (non-hydrogen) atoms. The maximum atomic E-state index is 3.40. The lowest BCUT2D eigenvalue weighted by atomic mass is 9.39. The SMILES string of the molecule is C1CCC(N2C3CCCCC3C3CCC(C4C5CCCCC5C(C5C6CCCCC6C(C6CCC7C8CCCCC8N(C8CCCCC8)C7C6)C6CCCCC65)C5CCCCC54)CC32)CC1. The molecule has 14 fully saturated rings. The summed E-state index contributed by atoms with van der Waals surface area (Å²) in [5.41, 5.74) is 0. The third-order valence-electron chi connectivity index (χ3n) is 27.0. The first-order chi connectivity index (χ1) is 32.8. The van der Waals surface area contributed by atoms with E-state index in [0.29, 0.717) is 0 Å². The van der Waals surface area contributed by atoms with Crippen molar-refractivity contribution < 1.29 is 0 Å². The second kappa shape index (κ2) is 19.1. The van der Waals surface area contributed by atoms with Gasteiger partial charge in [0.25, 0.3) is 0 Å². The highest BCUT2D eigenvalue weighted by molar-refractivity contribution is 5.14. The summed E-state index contributed by atoms with van der Waals surface area (Å²) in [4.78, 5) is 6.79. The fraction of sp³-hybridized carbons (Fsp3) is 1.00. The molecule has 18 atom stereocenters. The minimum atomic E-state index is 0.953. The van der Waals surface area contributed by atoms with Crippen molar-refractivity contribution in [3.63, 3.8) is 0 Å². The normalized spacial score (nSPS) is 53.8. The average Bonchev–Trinajstić information content (AvgIpc) is 3.90. The van der Waals surface area contributed by atoms with Crippen LogP contribution < -0.4 is 0 Å². The van der Waals surface area contributed by atoms with Crippen molar-refractivity contribution in [2.45, 2.75) is 293 Å². The molecule has 14 aliphatic rings. The summed E-state index contributed by atoms with van der Waals surface area (Å²) < 4.78 is 0. The van der Waals surface area contributed by atoms with Gasteiger partial charge >= 0.3 is 0 Å². The number of nitrogens with zero attached hydrogens (tertiary/aromatic N) is 2. The Morgan fingerprint density at radius 2 is 0.439 bits per heavy atom. The van der Waals surface area contributed by atoms with E-state index in [0.717, 1.165) is 143 Å². The molecule has 2 heteroatoms. The number of hydrogen-bond acceptors (Lipinski definition) is 2. The first-order valence-electron chi connectivity index (χ1n) is 32.3. The lowest BCUT2D eigenvalue weighted by Gasteiger charge is -2.66. The van der Waals surface area contributed by atoms with Crippen molar-refractivity contribution in [1.82, 2.24) is 9.80 Å². The van der Waals surface area contributed by atoms with Gasteiger partial charge in [0, 0.05) is 36.3 Å². The standard InChI is InChI=1S/C64H104N2/c1-3-19-43(20-4-1)65-57-33-17-15-23-45(57)47-37-35-41(39-59(47)65)61-49-25-7-11-29-53(49)63(54-30-12-8-26-50(54)61)64-55-31-13-9-27-51(55)62(52-28-10-14-32-56(52)64)42-36-38-48-46-24-16-18-34-58(46)66(60(48)40-42)44-21-5-2-6-22-44/h41-64H,1-40H2. The molecule has 0 aromatic rings. The Balaban J connectivity index is 0.770. The molecule has 12 aliphatic carbocycles. The zero-order valence-electron chi connectivity index (χ0n) is 43.0. The molecule has 0 amide bonds. The van der Waals surface area contributed by atoms with Gasteiger partial charge in [-0.05, 0) is 248 Å². The van der Waals surface area contributed by atoms with Crippen molar-refractivity contribution in [1.29, 1.82) is 0 Å². The van der Waals surface area contributed by atoms with Crippen molar-refractivity contribution in [3.8, 4) is 0 Å². The molecule has 12 saturated carbocycles. The maximum absolute atomic E-state index is 3.40. The van der Waals surface area contributed by atoms with Crippen LogP contribution in [0.5, 0.6) is 0 Å². The number of hydrogen-bond donors (Lipinski definition) is 0. The molecule has 0 bridgehead atoms. The van der Waals surface area contributed by atoms with Gasteiger partial charge in [-0.3, -0.25) is 9.80 Å². The van der Waals surface area contributed by atoms with Gasteiger partial charge in [0.05, 0.1) is 0 Å². The largest absolute Gasteiger partial charge is 0.294 e. The summed E-state index contributed by atoms with van der Waals surface area (Å²) >= 11 is 0. The molecule has 370 valence electrons. The summed E-state index contributed by atoms with van der Waals surface area (Å²) in [7, 11) is 0. The van der Waals surface area contributed by atoms with Gasteiger partial charge < -0.3 is 0 Å². The molecule has 0 spiro atoms. The predicted octanol–water partition coefficient (Wildman–Crippen LogP) is 16.7. The molecular weight excluding hydrogens is 797 g/mol. The van der Waals surface area contributed by atoms with Gasteiger partial charge in [-0.2, -0.15) is 0 Å². The summed E-state index contributed by atoms with van der Waals surface area (Å²) in [6.45, 7) is 0. The van der Waals surface area contributed by atoms with Gasteiger partial charge in [0.15, 0.2) is 0 Å². The maximum Gasteiger partial charge on any atom is 0.0135 e. The molecular formula is C64H104N2. The van der Waals surface area contributed by atoms with Crippen LogP contribution in [0.15, 0.2) is 0 Å². The molecule has 14 rings (SSSR count). The lowest BCUT2D eigenvalue weighted by molar-refractivity contribution is -0.176. The summed E-state index contributed by atoms with van der Waals surface area (Å²) in [6.07, 6.45) is 63.7. The minimum absolute atomic E-state index is 0.953. The third kappa shape index (κ3) is 7.48. The molecule has 0 aromatic carbocycles. The Labute approximate surface area is 407 Å². The molecule has 18 unspecified atom stereocenters. The van der Waals surface area contributed by atoms with Crippen LogP contribution in [0.3, 0.4) is 0 Å². The van der Waals surface area contributed by atoms with Crippen molar-refractivity contribution >= 4 is 0 Å². The van der Waals surface area contributed by atoms with Gasteiger partial charge in [0.1, 0.15) is 0 Å². The van der Waals surface area contributed by atoms with E-state index in [1.165, 1.54) is 51.4 Å². The smallest absolute Gasteiger partial charge is 0.0135 e. The molecule has 0 radical (unpaired) electrons. The molecule has 2 heterocycles. The van der Waals surface area contributed by atoms with Crippen LogP contribution in [0.4, 0.5) is 0 Å². The summed E-state index contributed by atoms with van der Waals surface area (Å²) in [5.74, 6) is 19.7. The second-order valence-electron chi connectivity index (χ2n) is 28.9. The average molecular weight is 902 g/mol. The van der Waals surface area contributed by atoms with Gasteiger partial charge in [-0.25, -0.2) is 0 Å². The van der Waals surface area contributed by atoms with E-state index in [9.17, 15) is 0 Å². The van der Waals surface area contributed by atoms with Crippen LogP contribution in [0, 0.1) is 107 Å². The fourth-order valence-corrected chi connectivity index (χ4v) is 25.5. The highest BCUT2D eigenvalue weighted by atomic mass is 15.3. The summed E-state index contributed by atoms with van der Waals surface area (Å²) in [6, 6.07) is 5.81. The zero-order chi connectivity index (χ0) is 43.3. The number of fused-ring (bicyclic) bond motifs is 10. The number of likely N-dealkylation sites (tertiary alicyclic amines) is 2. The van der Waals surface area contributed by atoms with E-state index in [2.05, 4.69) is 9.80 Å². The Bertz CT molecular complexity index is 1460. The van der Waals surface area contributed by atoms with Crippen LogP contribution >= 0.6 is 0 Å². The van der Waals surface area contributed by atoms with E-state index in [-0.39, 0.29) is 0 Å². The highest BCUT2D eigenvalue weighted by Gasteiger charge is 2.64. The number of rotatable bonds is 5. The molecule has 2 aliphatic heterocycles. The minimum Gasteiger partial charge on any atom is -0.294 e. The molecule has 0 N–H and O–H groups in total. The molecule has 2 nitrogen and oxygen atoms in total. The Hall–Kier alpha value is -0.0800. The van der Waals surface area contributed by atoms with Crippen LogP contribution in [-0.4, -0.2) is 46.1 Å². The van der Waals surface area contributed by atoms with E-state index in [4.69, 9.17) is 0 Å². The van der Waals surface area contributed by atoms with Crippen molar-refractivity contribution in [3.05, 3.63) is 0 Å². The van der Waals surface area contributed by atoms with E-state index in [1.54, 1.807) is 205 Å². The highest BCUT2D eigenvalue weighted by Crippen LogP contribution is 2.69. The van der Waals surface area contributed by atoms with E-state index >= 15 is 0 Å². The van der Waals surface area contributed by atoms with Crippen molar-refractivity contribution in [2.24, 2.45) is 107 Å². The van der Waals surface area contributed by atoms with E-state index in [1.807, 2.05) is 0 Å². The summed E-state index contributed by atoms with van der Waals surface area (Å²) in [5, 5.41) is 0. The van der Waals surface area contributed by atoms with Gasteiger partial charge in [-0.1, -0.05) is 116 Å². The van der Waals surface area contributed by atoms with Crippen LogP contribution in [0.1, 0.15) is 257 Å². The second-order valence-corrected chi connectivity index (χ2v) is 28.9.